The minimum Gasteiger partial charge on any atom is -0.480 e. The van der Waals surface area contributed by atoms with Gasteiger partial charge in [0.2, 0.25) is 0 Å². The van der Waals surface area contributed by atoms with Gasteiger partial charge in [-0.25, -0.2) is 0 Å². The van der Waals surface area contributed by atoms with Crippen molar-refractivity contribution in [3.8, 4) is 0 Å². The average molecular weight is 465 g/mol. The second-order valence-electron chi connectivity index (χ2n) is 3.50. The van der Waals surface area contributed by atoms with Crippen molar-refractivity contribution in [2.45, 2.75) is 19.0 Å². The normalized spacial score (nSPS) is 18.5. The lowest BCUT2D eigenvalue weighted by Crippen LogP contribution is -2.42. The number of carbonyl (C=O) groups is 1. The maximum atomic E-state index is 10.9. The summed E-state index contributed by atoms with van der Waals surface area (Å²) in [6.07, 6.45) is 0.581. The number of hydrogen-bond donors (Lipinski definition) is 2. The number of nitrogens with one attached hydrogen (secondary N) is 1. The van der Waals surface area contributed by atoms with Gasteiger partial charge in [-0.1, -0.05) is 0 Å². The molecular weight excluding hydrogens is 455 g/mol. The predicted molar refractivity (Wildman–Crippen MR) is 81.1 cm³/mol. The molecule has 88 valence electrons. The van der Waals surface area contributed by atoms with Gasteiger partial charge in [0.1, 0.15) is 6.04 Å². The number of hydrogen-bond acceptors (Lipinski definition) is 2. The van der Waals surface area contributed by atoms with Crippen molar-refractivity contribution < 1.29 is 9.90 Å². The molecule has 0 bridgehead atoms. The van der Waals surface area contributed by atoms with Crippen molar-refractivity contribution in [1.82, 2.24) is 5.32 Å². The van der Waals surface area contributed by atoms with Gasteiger partial charge < -0.3 is 5.11 Å². The molecule has 0 saturated heterocycles. The second kappa shape index (κ2) is 5.83. The third-order valence-electron chi connectivity index (χ3n) is 2.50. The molecule has 1 aromatic rings. The number of aliphatic carboxylic acids is 1. The number of carboxylic acids is 1. The Morgan fingerprint density at radius 3 is 2.75 bits per heavy atom. The van der Waals surface area contributed by atoms with Crippen molar-refractivity contribution in [3.63, 3.8) is 0 Å². The Balaban J connectivity index is 0.00000128. The quantitative estimate of drug-likeness (QED) is 0.627. The average Bonchev–Trinajstić information content (AvgIpc) is 2.16. The SMILES string of the molecule is Cl.O=C(O)C1Cc2cc(I)cc(I)c2CN1. The highest BCUT2D eigenvalue weighted by atomic mass is 127. The summed E-state index contributed by atoms with van der Waals surface area (Å²) in [6, 6.07) is 3.75. The number of carboxylic acid groups (broad SMARTS) is 1. The van der Waals surface area contributed by atoms with Crippen molar-refractivity contribution >= 4 is 63.6 Å². The van der Waals surface area contributed by atoms with Crippen LogP contribution in [0.15, 0.2) is 12.1 Å². The van der Waals surface area contributed by atoms with Gasteiger partial charge in [0.15, 0.2) is 0 Å². The highest BCUT2D eigenvalue weighted by molar-refractivity contribution is 14.1. The molecule has 0 aromatic heterocycles. The Morgan fingerprint density at radius 2 is 2.12 bits per heavy atom. The minimum absolute atomic E-state index is 0. The van der Waals surface area contributed by atoms with Gasteiger partial charge in [0, 0.05) is 13.7 Å². The lowest BCUT2D eigenvalue weighted by atomic mass is 9.96. The molecule has 0 spiro atoms. The van der Waals surface area contributed by atoms with E-state index in [1.165, 1.54) is 12.7 Å². The molecule has 2 N–H and O–H groups in total. The van der Waals surface area contributed by atoms with Crippen LogP contribution in [0.25, 0.3) is 0 Å². The van der Waals surface area contributed by atoms with Gasteiger partial charge in [0.25, 0.3) is 0 Å². The van der Waals surface area contributed by atoms with Crippen LogP contribution in [0.2, 0.25) is 0 Å². The molecule has 1 atom stereocenters. The van der Waals surface area contributed by atoms with E-state index in [1.807, 2.05) is 0 Å². The van der Waals surface area contributed by atoms with E-state index in [2.05, 4.69) is 62.6 Å². The fourth-order valence-corrected chi connectivity index (χ4v) is 3.88. The predicted octanol–water partition coefficient (Wildman–Crippen LogP) is 2.42. The van der Waals surface area contributed by atoms with Gasteiger partial charge in [0.05, 0.1) is 0 Å². The van der Waals surface area contributed by atoms with Crippen LogP contribution in [-0.2, 0) is 17.8 Å². The molecular formula is C10H10ClI2NO2. The maximum Gasteiger partial charge on any atom is 0.321 e. The van der Waals surface area contributed by atoms with Crippen LogP contribution in [0.3, 0.4) is 0 Å². The van der Waals surface area contributed by atoms with Crippen LogP contribution in [0.1, 0.15) is 11.1 Å². The van der Waals surface area contributed by atoms with E-state index in [-0.39, 0.29) is 12.4 Å². The maximum absolute atomic E-state index is 10.9. The van der Waals surface area contributed by atoms with Crippen LogP contribution in [0.5, 0.6) is 0 Å². The monoisotopic (exact) mass is 465 g/mol. The van der Waals surface area contributed by atoms with E-state index in [0.717, 1.165) is 5.56 Å². The Morgan fingerprint density at radius 1 is 1.44 bits per heavy atom. The van der Waals surface area contributed by atoms with Gasteiger partial charge >= 0.3 is 5.97 Å². The highest BCUT2D eigenvalue weighted by Gasteiger charge is 2.24. The molecule has 1 unspecified atom stereocenters. The molecule has 0 amide bonds. The van der Waals surface area contributed by atoms with E-state index < -0.39 is 12.0 Å². The summed E-state index contributed by atoms with van der Waals surface area (Å²) in [5.74, 6) is -0.769. The number of halogens is 3. The summed E-state index contributed by atoms with van der Waals surface area (Å²) < 4.78 is 2.38. The van der Waals surface area contributed by atoms with E-state index in [1.54, 1.807) is 0 Å². The highest BCUT2D eigenvalue weighted by Crippen LogP contribution is 2.25. The van der Waals surface area contributed by atoms with Gasteiger partial charge in [-0.3, -0.25) is 10.1 Å². The lowest BCUT2D eigenvalue weighted by molar-refractivity contribution is -0.139. The van der Waals surface area contributed by atoms with Gasteiger partial charge in [-0.15, -0.1) is 12.4 Å². The molecule has 6 heteroatoms. The van der Waals surface area contributed by atoms with Crippen LogP contribution < -0.4 is 5.32 Å². The molecule has 1 aliphatic rings. The van der Waals surface area contributed by atoms with Crippen molar-refractivity contribution in [2.24, 2.45) is 0 Å². The molecule has 1 aliphatic heterocycles. The first-order chi connectivity index (χ1) is 7.08. The molecule has 0 saturated carbocycles. The fraction of sp³-hybridized carbons (Fsp3) is 0.300. The van der Waals surface area contributed by atoms with Gasteiger partial charge in [-0.05, 0) is 74.9 Å². The van der Waals surface area contributed by atoms with E-state index in [4.69, 9.17) is 5.11 Å². The first-order valence-corrected chi connectivity index (χ1v) is 6.66. The lowest BCUT2D eigenvalue weighted by Gasteiger charge is -2.24. The Labute approximate surface area is 127 Å². The summed E-state index contributed by atoms with van der Waals surface area (Å²) in [5, 5.41) is 12.0. The van der Waals surface area contributed by atoms with Crippen molar-refractivity contribution in [3.05, 3.63) is 30.4 Å². The van der Waals surface area contributed by atoms with Crippen LogP contribution in [-0.4, -0.2) is 17.1 Å². The second-order valence-corrected chi connectivity index (χ2v) is 5.91. The number of rotatable bonds is 1. The number of fused-ring (bicyclic) bond motifs is 1. The van der Waals surface area contributed by atoms with Gasteiger partial charge in [-0.2, -0.15) is 0 Å². The standard InChI is InChI=1S/C10H9I2NO2.ClH/c11-6-1-5-2-9(10(14)15)13-4-7(5)8(12)3-6;/h1,3,9,13H,2,4H2,(H,14,15);1H. The molecule has 0 radical (unpaired) electrons. The summed E-state index contributed by atoms with van der Waals surface area (Å²) in [6.45, 7) is 0.654. The van der Waals surface area contributed by atoms with E-state index in [0.29, 0.717) is 13.0 Å². The first-order valence-electron chi connectivity index (χ1n) is 4.51. The number of benzene rings is 1. The summed E-state index contributed by atoms with van der Waals surface area (Å²) in [7, 11) is 0. The van der Waals surface area contributed by atoms with Crippen molar-refractivity contribution in [1.29, 1.82) is 0 Å². The molecule has 0 aliphatic carbocycles. The molecule has 16 heavy (non-hydrogen) atoms. The Bertz CT molecular complexity index is 426. The summed E-state index contributed by atoms with van der Waals surface area (Å²) >= 11 is 4.56. The topological polar surface area (TPSA) is 49.3 Å². The first kappa shape index (κ1) is 14.5. The zero-order valence-corrected chi connectivity index (χ0v) is 13.3. The van der Waals surface area contributed by atoms with E-state index in [9.17, 15) is 4.79 Å². The van der Waals surface area contributed by atoms with Crippen LogP contribution in [0.4, 0.5) is 0 Å². The largest absolute Gasteiger partial charge is 0.480 e. The van der Waals surface area contributed by atoms with Crippen LogP contribution in [0, 0.1) is 7.14 Å². The zero-order valence-electron chi connectivity index (χ0n) is 8.17. The summed E-state index contributed by atoms with van der Waals surface area (Å²) in [5.41, 5.74) is 2.41. The van der Waals surface area contributed by atoms with E-state index >= 15 is 0 Å². The Kier molecular flexibility index (Phi) is 5.27. The molecule has 1 aromatic carbocycles. The van der Waals surface area contributed by atoms with Crippen molar-refractivity contribution in [2.75, 3.05) is 0 Å². The molecule has 0 fully saturated rings. The Hall–Kier alpha value is 0.400. The fourth-order valence-electron chi connectivity index (χ4n) is 1.73. The van der Waals surface area contributed by atoms with Crippen LogP contribution >= 0.6 is 57.6 Å². The third-order valence-corrected chi connectivity index (χ3v) is 4.09. The third kappa shape index (κ3) is 2.99. The molecule has 3 nitrogen and oxygen atoms in total. The minimum atomic E-state index is -0.769. The zero-order chi connectivity index (χ0) is 11.0. The smallest absolute Gasteiger partial charge is 0.321 e. The molecule has 1 heterocycles. The molecule has 2 rings (SSSR count). The summed E-state index contributed by atoms with van der Waals surface area (Å²) in [4.78, 5) is 10.9.